The summed E-state index contributed by atoms with van der Waals surface area (Å²) >= 11 is 0. The van der Waals surface area contributed by atoms with Crippen molar-refractivity contribution in [3.8, 4) is 5.75 Å². The van der Waals surface area contributed by atoms with Crippen LogP contribution in [0.4, 0.5) is 0 Å². The number of hydrogen-bond acceptors (Lipinski definition) is 2. The maximum atomic E-state index is 12.4. The lowest BCUT2D eigenvalue weighted by Gasteiger charge is -2.30. The van der Waals surface area contributed by atoms with Crippen LogP contribution in [-0.4, -0.2) is 50.6 Å². The standard InChI is InChI=1S/C15H20N2O2/c1-3-11-19-14-6-4-5-13(12-14)15(18)17-9-7-16(2)8-10-17/h3-6,12H,1,7-11H2,2H3/p+1. The van der Waals surface area contributed by atoms with E-state index in [0.717, 1.165) is 26.2 Å². The Balaban J connectivity index is 2.04. The molecule has 0 bridgehead atoms. The van der Waals surface area contributed by atoms with E-state index in [-0.39, 0.29) is 5.91 Å². The number of amides is 1. The van der Waals surface area contributed by atoms with Crippen LogP contribution in [0, 0.1) is 0 Å². The summed E-state index contributed by atoms with van der Waals surface area (Å²) in [6.45, 7) is 7.73. The quantitative estimate of drug-likeness (QED) is 0.787. The van der Waals surface area contributed by atoms with Crippen molar-refractivity contribution in [2.45, 2.75) is 0 Å². The summed E-state index contributed by atoms with van der Waals surface area (Å²) in [5.74, 6) is 0.807. The minimum atomic E-state index is 0.0940. The average molecular weight is 261 g/mol. The van der Waals surface area contributed by atoms with E-state index in [9.17, 15) is 4.79 Å². The maximum absolute atomic E-state index is 12.4. The molecule has 1 amide bonds. The van der Waals surface area contributed by atoms with Crippen molar-refractivity contribution in [2.75, 3.05) is 39.8 Å². The molecule has 0 aromatic heterocycles. The summed E-state index contributed by atoms with van der Waals surface area (Å²) in [6, 6.07) is 7.35. The molecule has 1 heterocycles. The summed E-state index contributed by atoms with van der Waals surface area (Å²) in [4.78, 5) is 15.8. The second kappa shape index (κ2) is 6.38. The summed E-state index contributed by atoms with van der Waals surface area (Å²) in [5, 5.41) is 0. The molecular weight excluding hydrogens is 240 g/mol. The second-order valence-electron chi connectivity index (χ2n) is 4.88. The molecule has 2 rings (SSSR count). The minimum Gasteiger partial charge on any atom is -0.490 e. The fourth-order valence-electron chi connectivity index (χ4n) is 2.15. The third kappa shape index (κ3) is 3.58. The minimum absolute atomic E-state index is 0.0940. The van der Waals surface area contributed by atoms with Gasteiger partial charge in [-0.2, -0.15) is 0 Å². The molecular formula is C15H21N2O2+. The van der Waals surface area contributed by atoms with Gasteiger partial charge in [0.2, 0.25) is 0 Å². The van der Waals surface area contributed by atoms with Crippen LogP contribution in [0.25, 0.3) is 0 Å². The maximum Gasteiger partial charge on any atom is 0.254 e. The highest BCUT2D eigenvalue weighted by Crippen LogP contribution is 2.15. The van der Waals surface area contributed by atoms with Gasteiger partial charge in [0, 0.05) is 5.56 Å². The third-order valence-electron chi connectivity index (χ3n) is 3.35. The molecule has 1 saturated heterocycles. The fourth-order valence-corrected chi connectivity index (χ4v) is 2.15. The molecule has 4 heteroatoms. The lowest BCUT2D eigenvalue weighted by Crippen LogP contribution is -3.12. The van der Waals surface area contributed by atoms with Gasteiger partial charge < -0.3 is 14.5 Å². The van der Waals surface area contributed by atoms with Gasteiger partial charge in [0.05, 0.1) is 33.2 Å². The molecule has 0 radical (unpaired) electrons. The number of nitrogens with one attached hydrogen (secondary N) is 1. The van der Waals surface area contributed by atoms with Crippen molar-refractivity contribution >= 4 is 5.91 Å². The molecule has 0 aliphatic carbocycles. The molecule has 1 N–H and O–H groups in total. The van der Waals surface area contributed by atoms with Crippen LogP contribution < -0.4 is 9.64 Å². The Labute approximate surface area is 114 Å². The number of carbonyl (C=O) groups is 1. The topological polar surface area (TPSA) is 34.0 Å². The van der Waals surface area contributed by atoms with Gasteiger partial charge in [-0.05, 0) is 18.2 Å². The van der Waals surface area contributed by atoms with Crippen LogP contribution in [-0.2, 0) is 0 Å². The molecule has 102 valence electrons. The smallest absolute Gasteiger partial charge is 0.254 e. The number of piperazine rings is 1. The number of quaternary nitrogens is 1. The first-order valence-electron chi connectivity index (χ1n) is 6.65. The zero-order valence-corrected chi connectivity index (χ0v) is 11.4. The van der Waals surface area contributed by atoms with E-state index in [1.54, 1.807) is 12.1 Å². The van der Waals surface area contributed by atoms with E-state index in [1.165, 1.54) is 4.90 Å². The normalized spacial score (nSPS) is 16.2. The van der Waals surface area contributed by atoms with E-state index in [2.05, 4.69) is 13.6 Å². The van der Waals surface area contributed by atoms with Crippen LogP contribution in [0.2, 0.25) is 0 Å². The van der Waals surface area contributed by atoms with Crippen LogP contribution in [0.15, 0.2) is 36.9 Å². The molecule has 0 atom stereocenters. The van der Waals surface area contributed by atoms with E-state index in [4.69, 9.17) is 4.74 Å². The Morgan fingerprint density at radius 2 is 2.21 bits per heavy atom. The molecule has 1 aliphatic rings. The SMILES string of the molecule is C=CCOc1cccc(C(=O)N2CC[NH+](C)CC2)c1. The Hall–Kier alpha value is -1.81. The number of benzene rings is 1. The van der Waals surface area contributed by atoms with Gasteiger partial charge in [-0.1, -0.05) is 18.7 Å². The highest BCUT2D eigenvalue weighted by atomic mass is 16.5. The molecule has 1 fully saturated rings. The zero-order chi connectivity index (χ0) is 13.7. The summed E-state index contributed by atoms with van der Waals surface area (Å²) < 4.78 is 5.46. The van der Waals surface area contributed by atoms with Crippen LogP contribution in [0.3, 0.4) is 0 Å². The van der Waals surface area contributed by atoms with Gasteiger partial charge in [0.1, 0.15) is 12.4 Å². The highest BCUT2D eigenvalue weighted by molar-refractivity contribution is 5.94. The second-order valence-corrected chi connectivity index (χ2v) is 4.88. The van der Waals surface area contributed by atoms with Crippen molar-refractivity contribution in [1.82, 2.24) is 4.90 Å². The van der Waals surface area contributed by atoms with Crippen molar-refractivity contribution in [3.63, 3.8) is 0 Å². The monoisotopic (exact) mass is 261 g/mol. The van der Waals surface area contributed by atoms with E-state index in [0.29, 0.717) is 17.9 Å². The van der Waals surface area contributed by atoms with Crippen LogP contribution >= 0.6 is 0 Å². The van der Waals surface area contributed by atoms with Gasteiger partial charge in [-0.25, -0.2) is 0 Å². The molecule has 1 aliphatic heterocycles. The van der Waals surface area contributed by atoms with Crippen LogP contribution in [0.1, 0.15) is 10.4 Å². The highest BCUT2D eigenvalue weighted by Gasteiger charge is 2.22. The molecule has 0 unspecified atom stereocenters. The van der Waals surface area contributed by atoms with Gasteiger partial charge in [0.15, 0.2) is 0 Å². The molecule has 1 aromatic carbocycles. The number of nitrogens with zero attached hydrogens (tertiary/aromatic N) is 1. The van der Waals surface area contributed by atoms with Crippen LogP contribution in [0.5, 0.6) is 5.75 Å². The molecule has 0 saturated carbocycles. The predicted octanol–water partition coefficient (Wildman–Crippen LogP) is 0.222. The van der Waals surface area contributed by atoms with Gasteiger partial charge in [-0.15, -0.1) is 0 Å². The zero-order valence-electron chi connectivity index (χ0n) is 11.4. The molecule has 1 aromatic rings. The van der Waals surface area contributed by atoms with Crippen molar-refractivity contribution < 1.29 is 14.4 Å². The van der Waals surface area contributed by atoms with Gasteiger partial charge in [-0.3, -0.25) is 4.79 Å². The van der Waals surface area contributed by atoms with E-state index in [1.807, 2.05) is 23.1 Å². The van der Waals surface area contributed by atoms with Crippen molar-refractivity contribution in [1.29, 1.82) is 0 Å². The Kier molecular flexibility index (Phi) is 4.58. The largest absolute Gasteiger partial charge is 0.490 e. The number of rotatable bonds is 4. The average Bonchev–Trinajstić information content (AvgIpc) is 2.45. The fraction of sp³-hybridized carbons (Fsp3) is 0.400. The third-order valence-corrected chi connectivity index (χ3v) is 3.35. The first-order chi connectivity index (χ1) is 9.20. The number of hydrogen-bond donors (Lipinski definition) is 1. The van der Waals surface area contributed by atoms with Crippen molar-refractivity contribution in [2.24, 2.45) is 0 Å². The number of ether oxygens (including phenoxy) is 1. The Bertz CT molecular complexity index is 451. The number of carbonyl (C=O) groups excluding carboxylic acids is 1. The Morgan fingerprint density at radius 3 is 2.89 bits per heavy atom. The lowest BCUT2D eigenvalue weighted by molar-refractivity contribution is -0.883. The number of likely N-dealkylation sites (N-methyl/N-ethyl adjacent to an activating group) is 1. The summed E-state index contributed by atoms with van der Waals surface area (Å²) in [7, 11) is 2.16. The summed E-state index contributed by atoms with van der Waals surface area (Å²) in [6.07, 6.45) is 1.69. The molecule has 19 heavy (non-hydrogen) atoms. The Morgan fingerprint density at radius 1 is 1.47 bits per heavy atom. The first-order valence-corrected chi connectivity index (χ1v) is 6.65. The van der Waals surface area contributed by atoms with Gasteiger partial charge in [0.25, 0.3) is 5.91 Å². The first kappa shape index (κ1) is 13.6. The van der Waals surface area contributed by atoms with E-state index < -0.39 is 0 Å². The molecule has 0 spiro atoms. The van der Waals surface area contributed by atoms with E-state index >= 15 is 0 Å². The summed E-state index contributed by atoms with van der Waals surface area (Å²) in [5.41, 5.74) is 0.695. The van der Waals surface area contributed by atoms with Crippen molar-refractivity contribution in [3.05, 3.63) is 42.5 Å². The van der Waals surface area contributed by atoms with Gasteiger partial charge >= 0.3 is 0 Å². The predicted molar refractivity (Wildman–Crippen MR) is 74.7 cm³/mol. The lowest BCUT2D eigenvalue weighted by atomic mass is 10.1. The molecule has 4 nitrogen and oxygen atoms in total.